The molecule has 6 nitrogen and oxygen atoms in total. The summed E-state index contributed by atoms with van der Waals surface area (Å²) in [6.45, 7) is 6.06. The maximum absolute atomic E-state index is 13.6. The average molecular weight is 475 g/mol. The van der Waals surface area contributed by atoms with Gasteiger partial charge in [-0.1, -0.05) is 66.2 Å². The number of oxazole rings is 1. The molecule has 0 unspecified atom stereocenters. The lowest BCUT2D eigenvalue weighted by molar-refractivity contribution is -0.914. The van der Waals surface area contributed by atoms with Crippen molar-refractivity contribution in [1.29, 1.82) is 0 Å². The second kappa shape index (κ2) is 9.44. The molecule has 7 heteroatoms. The molecule has 0 bridgehead atoms. The number of aromatic nitrogens is 1. The fraction of sp³-hybridized carbons (Fsp3) is 0.222. The van der Waals surface area contributed by atoms with Gasteiger partial charge in [-0.05, 0) is 31.2 Å². The van der Waals surface area contributed by atoms with Crippen LogP contribution in [0.1, 0.15) is 11.1 Å². The number of anilines is 1. The number of sulfone groups is 1. The van der Waals surface area contributed by atoms with Crippen molar-refractivity contribution in [2.75, 3.05) is 31.1 Å². The lowest BCUT2D eigenvalue weighted by atomic mass is 10.2. The van der Waals surface area contributed by atoms with Crippen LogP contribution in [-0.2, 0) is 16.4 Å². The fourth-order valence-electron chi connectivity index (χ4n) is 4.29. The van der Waals surface area contributed by atoms with Gasteiger partial charge in [0, 0.05) is 11.1 Å². The van der Waals surface area contributed by atoms with Crippen LogP contribution in [0.3, 0.4) is 0 Å². The third-order valence-corrected chi connectivity index (χ3v) is 7.91. The first-order valence-electron chi connectivity index (χ1n) is 11.5. The van der Waals surface area contributed by atoms with Gasteiger partial charge in [-0.15, -0.1) is 0 Å². The Labute approximate surface area is 200 Å². The van der Waals surface area contributed by atoms with E-state index in [-0.39, 0.29) is 9.92 Å². The molecule has 0 atom stereocenters. The van der Waals surface area contributed by atoms with Crippen LogP contribution in [0.5, 0.6) is 0 Å². The Kier molecular flexibility index (Phi) is 6.22. The predicted octanol–water partition coefficient (Wildman–Crippen LogP) is 3.39. The minimum absolute atomic E-state index is 0.0123. The Bertz CT molecular complexity index is 1340. The fourth-order valence-corrected chi connectivity index (χ4v) is 5.61. The van der Waals surface area contributed by atoms with E-state index in [0.717, 1.165) is 30.8 Å². The molecule has 1 saturated heterocycles. The topological polar surface area (TPSA) is 67.9 Å². The molecule has 174 valence electrons. The molecule has 3 aromatic carbocycles. The lowest BCUT2D eigenvalue weighted by Gasteiger charge is -2.32. The first-order chi connectivity index (χ1) is 16.5. The molecule has 1 aromatic heterocycles. The summed E-state index contributed by atoms with van der Waals surface area (Å²) in [5, 5.41) is -0.0123. The summed E-state index contributed by atoms with van der Waals surface area (Å²) in [5.74, 6) is 0.651. The van der Waals surface area contributed by atoms with Crippen LogP contribution in [0.4, 0.5) is 5.88 Å². The van der Waals surface area contributed by atoms with Crippen LogP contribution in [0.15, 0.2) is 99.3 Å². The first-order valence-corrected chi connectivity index (χ1v) is 13.0. The van der Waals surface area contributed by atoms with Crippen molar-refractivity contribution in [3.8, 4) is 11.5 Å². The molecule has 0 spiro atoms. The van der Waals surface area contributed by atoms with Gasteiger partial charge in [0.1, 0.15) is 6.54 Å². The highest BCUT2D eigenvalue weighted by molar-refractivity contribution is 7.91. The minimum Gasteiger partial charge on any atom is -0.419 e. The van der Waals surface area contributed by atoms with Gasteiger partial charge in [-0.3, -0.25) is 0 Å². The number of piperazine rings is 1. The Morgan fingerprint density at radius 2 is 1.50 bits per heavy atom. The highest BCUT2D eigenvalue weighted by Gasteiger charge is 2.33. The largest absolute Gasteiger partial charge is 0.419 e. The Morgan fingerprint density at radius 1 is 0.882 bits per heavy atom. The summed E-state index contributed by atoms with van der Waals surface area (Å²) < 4.78 is 33.4. The Morgan fingerprint density at radius 3 is 2.15 bits per heavy atom. The standard InChI is InChI=1S/C27H27N3O3S/c1-21-12-14-24(15-13-21)34(31,32)26-27(33-25(28-26)23-10-6-3-7-11-23)30-18-16-29(17-19-30)20-22-8-4-2-5-9-22/h2-15H,16-20H2,1H3/p+1. The van der Waals surface area contributed by atoms with Crippen molar-refractivity contribution >= 4 is 15.7 Å². The van der Waals surface area contributed by atoms with Gasteiger partial charge in [0.15, 0.2) is 0 Å². The van der Waals surface area contributed by atoms with E-state index in [1.807, 2.05) is 48.2 Å². The molecule has 5 rings (SSSR count). The second-order valence-electron chi connectivity index (χ2n) is 8.71. The average Bonchev–Trinajstić information content (AvgIpc) is 3.33. The monoisotopic (exact) mass is 474 g/mol. The zero-order valence-corrected chi connectivity index (χ0v) is 20.0. The predicted molar refractivity (Wildman–Crippen MR) is 132 cm³/mol. The van der Waals surface area contributed by atoms with Crippen molar-refractivity contribution in [3.05, 3.63) is 96.1 Å². The number of rotatable bonds is 6. The van der Waals surface area contributed by atoms with E-state index >= 15 is 0 Å². The van der Waals surface area contributed by atoms with E-state index in [1.165, 1.54) is 10.5 Å². The summed E-state index contributed by atoms with van der Waals surface area (Å²) in [6.07, 6.45) is 0. The summed E-state index contributed by atoms with van der Waals surface area (Å²) in [6, 6.07) is 26.8. The molecule has 1 aliphatic rings. The molecule has 2 heterocycles. The van der Waals surface area contributed by atoms with Crippen molar-refractivity contribution in [1.82, 2.24) is 4.98 Å². The van der Waals surface area contributed by atoms with Gasteiger partial charge < -0.3 is 14.2 Å². The SMILES string of the molecule is Cc1ccc(S(=O)(=O)c2nc(-c3ccccc3)oc2N2CC[NH+](Cc3ccccc3)CC2)cc1. The van der Waals surface area contributed by atoms with Gasteiger partial charge in [0.2, 0.25) is 26.6 Å². The summed E-state index contributed by atoms with van der Waals surface area (Å²) >= 11 is 0. The maximum atomic E-state index is 13.6. The maximum Gasteiger partial charge on any atom is 0.236 e. The number of nitrogens with one attached hydrogen (secondary N) is 1. The molecule has 1 N–H and O–H groups in total. The zero-order valence-electron chi connectivity index (χ0n) is 19.1. The van der Waals surface area contributed by atoms with Gasteiger partial charge >= 0.3 is 0 Å². The summed E-state index contributed by atoms with van der Waals surface area (Å²) in [5.41, 5.74) is 3.06. The zero-order chi connectivity index (χ0) is 23.5. The van der Waals surface area contributed by atoms with Gasteiger partial charge in [-0.25, -0.2) is 8.42 Å². The van der Waals surface area contributed by atoms with Crippen LogP contribution in [0, 0.1) is 6.92 Å². The number of hydrogen-bond donors (Lipinski definition) is 1. The van der Waals surface area contributed by atoms with Gasteiger partial charge in [0.25, 0.3) is 0 Å². The normalized spacial score (nSPS) is 14.9. The van der Waals surface area contributed by atoms with Gasteiger partial charge in [0.05, 0.1) is 31.1 Å². The third-order valence-electron chi connectivity index (χ3n) is 6.24. The molecule has 1 fully saturated rings. The number of hydrogen-bond acceptors (Lipinski definition) is 5. The quantitative estimate of drug-likeness (QED) is 0.464. The molecule has 0 radical (unpaired) electrons. The van der Waals surface area contributed by atoms with Crippen LogP contribution < -0.4 is 9.80 Å². The summed E-state index contributed by atoms with van der Waals surface area (Å²) in [4.78, 5) is 8.22. The minimum atomic E-state index is -3.84. The van der Waals surface area contributed by atoms with E-state index in [4.69, 9.17) is 4.42 Å². The number of benzene rings is 3. The molecule has 4 aromatic rings. The molecule has 0 amide bonds. The molecule has 34 heavy (non-hydrogen) atoms. The Hall–Kier alpha value is -3.42. The molecule has 0 saturated carbocycles. The van der Waals surface area contributed by atoms with Crippen LogP contribution in [-0.4, -0.2) is 39.6 Å². The van der Waals surface area contributed by atoms with Crippen molar-refractivity contribution in [2.45, 2.75) is 23.4 Å². The number of nitrogens with zero attached hydrogens (tertiary/aromatic N) is 2. The number of quaternary nitrogens is 1. The van der Waals surface area contributed by atoms with Gasteiger partial charge in [-0.2, -0.15) is 4.98 Å². The van der Waals surface area contributed by atoms with Crippen LogP contribution >= 0.6 is 0 Å². The van der Waals surface area contributed by atoms with Crippen LogP contribution in [0.2, 0.25) is 0 Å². The van der Waals surface area contributed by atoms with E-state index in [1.54, 1.807) is 24.3 Å². The van der Waals surface area contributed by atoms with Crippen LogP contribution in [0.25, 0.3) is 11.5 Å². The second-order valence-corrected chi connectivity index (χ2v) is 10.6. The highest BCUT2D eigenvalue weighted by atomic mass is 32.2. The smallest absolute Gasteiger partial charge is 0.236 e. The molecular weight excluding hydrogens is 446 g/mol. The lowest BCUT2D eigenvalue weighted by Crippen LogP contribution is -3.13. The van der Waals surface area contributed by atoms with Crippen molar-refractivity contribution in [2.24, 2.45) is 0 Å². The van der Waals surface area contributed by atoms with E-state index in [9.17, 15) is 8.42 Å². The summed E-state index contributed by atoms with van der Waals surface area (Å²) in [7, 11) is -3.84. The third kappa shape index (κ3) is 4.62. The van der Waals surface area contributed by atoms with Crippen molar-refractivity contribution in [3.63, 3.8) is 0 Å². The Balaban J connectivity index is 1.45. The van der Waals surface area contributed by atoms with E-state index in [0.29, 0.717) is 24.9 Å². The molecule has 0 aliphatic carbocycles. The molecular formula is C27H28N3O3S+. The first kappa shape index (κ1) is 22.4. The molecule has 1 aliphatic heterocycles. The van der Waals surface area contributed by atoms with E-state index in [2.05, 4.69) is 29.2 Å². The number of aryl methyl sites for hydroxylation is 1. The van der Waals surface area contributed by atoms with E-state index < -0.39 is 9.84 Å². The van der Waals surface area contributed by atoms with Crippen molar-refractivity contribution < 1.29 is 17.7 Å². The highest BCUT2D eigenvalue weighted by Crippen LogP contribution is 2.34.